The Morgan fingerprint density at radius 1 is 1.05 bits per heavy atom. The molecule has 4 heteroatoms. The van der Waals surface area contributed by atoms with Gasteiger partial charge in [-0.1, -0.05) is 30.3 Å². The highest BCUT2D eigenvalue weighted by Crippen LogP contribution is 2.17. The van der Waals surface area contributed by atoms with Gasteiger partial charge in [0.05, 0.1) is 6.20 Å². The maximum Gasteiger partial charge on any atom is 0.138 e. The average molecular weight is 283 g/mol. The third-order valence-electron chi connectivity index (χ3n) is 3.63. The number of aromatic nitrogens is 1. The summed E-state index contributed by atoms with van der Waals surface area (Å²) in [4.78, 5) is 6.85. The molecular formula is C17H21N3O. The van der Waals surface area contributed by atoms with Crippen molar-refractivity contribution in [1.29, 1.82) is 0 Å². The molecule has 1 aliphatic rings. The summed E-state index contributed by atoms with van der Waals surface area (Å²) < 4.78 is 5.77. The monoisotopic (exact) mass is 283 g/mol. The molecule has 0 unspecified atom stereocenters. The molecule has 2 aromatic rings. The third kappa shape index (κ3) is 3.95. The van der Waals surface area contributed by atoms with Gasteiger partial charge in [0.1, 0.15) is 18.2 Å². The van der Waals surface area contributed by atoms with E-state index in [1.165, 1.54) is 5.56 Å². The van der Waals surface area contributed by atoms with Crippen molar-refractivity contribution in [2.45, 2.75) is 13.0 Å². The Hall–Kier alpha value is -2.07. The number of hydrogen-bond donors (Lipinski definition) is 1. The maximum atomic E-state index is 5.77. The lowest BCUT2D eigenvalue weighted by Gasteiger charge is -2.21. The van der Waals surface area contributed by atoms with E-state index in [2.05, 4.69) is 27.3 Å². The van der Waals surface area contributed by atoms with Crippen molar-refractivity contribution in [3.63, 3.8) is 0 Å². The molecule has 0 spiro atoms. The van der Waals surface area contributed by atoms with Crippen LogP contribution in [0.1, 0.15) is 12.0 Å². The number of hydrogen-bond acceptors (Lipinski definition) is 4. The molecule has 1 aliphatic heterocycles. The van der Waals surface area contributed by atoms with E-state index in [0.717, 1.165) is 44.2 Å². The van der Waals surface area contributed by atoms with Crippen molar-refractivity contribution in [1.82, 2.24) is 10.3 Å². The normalized spacial score (nSPS) is 15.5. The van der Waals surface area contributed by atoms with Crippen LogP contribution in [-0.4, -0.2) is 31.2 Å². The first-order valence-electron chi connectivity index (χ1n) is 7.50. The van der Waals surface area contributed by atoms with Crippen LogP contribution in [0.15, 0.2) is 48.7 Å². The van der Waals surface area contributed by atoms with E-state index in [1.54, 1.807) is 0 Å². The molecule has 3 rings (SSSR count). The molecule has 0 amide bonds. The highest BCUT2D eigenvalue weighted by molar-refractivity contribution is 5.41. The van der Waals surface area contributed by atoms with Crippen LogP contribution in [0.25, 0.3) is 0 Å². The number of pyridine rings is 1. The number of nitrogens with zero attached hydrogens (tertiary/aromatic N) is 2. The van der Waals surface area contributed by atoms with Crippen LogP contribution in [0.5, 0.6) is 5.75 Å². The second-order valence-electron chi connectivity index (χ2n) is 5.22. The minimum absolute atomic E-state index is 0.579. The van der Waals surface area contributed by atoms with Gasteiger partial charge in [-0.3, -0.25) is 0 Å². The lowest BCUT2D eigenvalue weighted by Crippen LogP contribution is -2.28. The summed E-state index contributed by atoms with van der Waals surface area (Å²) in [6, 6.07) is 14.2. The van der Waals surface area contributed by atoms with Gasteiger partial charge in [0.25, 0.3) is 0 Å². The fourth-order valence-electron chi connectivity index (χ4n) is 2.46. The molecule has 1 aromatic heterocycles. The van der Waals surface area contributed by atoms with E-state index >= 15 is 0 Å². The highest BCUT2D eigenvalue weighted by Gasteiger charge is 2.10. The Balaban J connectivity index is 1.58. The average Bonchev–Trinajstić information content (AvgIpc) is 2.84. The predicted octanol–water partition coefficient (Wildman–Crippen LogP) is 2.46. The molecule has 110 valence electrons. The van der Waals surface area contributed by atoms with Crippen molar-refractivity contribution in [2.24, 2.45) is 0 Å². The number of nitrogens with one attached hydrogen (secondary N) is 1. The van der Waals surface area contributed by atoms with Gasteiger partial charge in [-0.15, -0.1) is 0 Å². The van der Waals surface area contributed by atoms with Crippen LogP contribution in [0.4, 0.5) is 5.82 Å². The molecule has 1 fully saturated rings. The lowest BCUT2D eigenvalue weighted by atomic mass is 10.2. The lowest BCUT2D eigenvalue weighted by molar-refractivity contribution is 0.305. The summed E-state index contributed by atoms with van der Waals surface area (Å²) in [7, 11) is 0. The van der Waals surface area contributed by atoms with E-state index in [9.17, 15) is 0 Å². The van der Waals surface area contributed by atoms with Crippen molar-refractivity contribution < 1.29 is 4.74 Å². The summed E-state index contributed by atoms with van der Waals surface area (Å²) in [6.45, 7) is 4.76. The van der Waals surface area contributed by atoms with Crippen molar-refractivity contribution in [3.05, 3.63) is 54.2 Å². The minimum atomic E-state index is 0.579. The topological polar surface area (TPSA) is 37.4 Å². The summed E-state index contributed by atoms with van der Waals surface area (Å²) in [5.74, 6) is 1.85. The zero-order valence-electron chi connectivity index (χ0n) is 12.2. The van der Waals surface area contributed by atoms with Gasteiger partial charge in [-0.25, -0.2) is 4.98 Å². The zero-order valence-corrected chi connectivity index (χ0v) is 12.2. The summed E-state index contributed by atoms with van der Waals surface area (Å²) in [5.41, 5.74) is 1.17. The van der Waals surface area contributed by atoms with Crippen LogP contribution >= 0.6 is 0 Å². The van der Waals surface area contributed by atoms with E-state index in [0.29, 0.717) is 6.61 Å². The van der Waals surface area contributed by atoms with E-state index < -0.39 is 0 Å². The molecule has 0 saturated carbocycles. The molecule has 21 heavy (non-hydrogen) atoms. The number of anilines is 1. The van der Waals surface area contributed by atoms with E-state index in [1.807, 2.05) is 36.5 Å². The molecule has 1 saturated heterocycles. The van der Waals surface area contributed by atoms with Crippen LogP contribution in [0.3, 0.4) is 0 Å². The quantitative estimate of drug-likeness (QED) is 0.935. The first-order valence-corrected chi connectivity index (χ1v) is 7.50. The summed E-state index contributed by atoms with van der Waals surface area (Å²) in [6.07, 6.45) is 2.98. The molecule has 1 aromatic carbocycles. The van der Waals surface area contributed by atoms with E-state index in [4.69, 9.17) is 4.74 Å². The van der Waals surface area contributed by atoms with Crippen LogP contribution in [0, 0.1) is 0 Å². The fraction of sp³-hybridized carbons (Fsp3) is 0.353. The highest BCUT2D eigenvalue weighted by atomic mass is 16.5. The molecule has 4 nitrogen and oxygen atoms in total. The predicted molar refractivity (Wildman–Crippen MR) is 84.7 cm³/mol. The number of rotatable bonds is 4. The van der Waals surface area contributed by atoms with Gasteiger partial charge in [-0.2, -0.15) is 0 Å². The molecule has 0 radical (unpaired) electrons. The second-order valence-corrected chi connectivity index (χ2v) is 5.22. The Morgan fingerprint density at radius 3 is 2.76 bits per heavy atom. The number of benzene rings is 1. The maximum absolute atomic E-state index is 5.77. The second kappa shape index (κ2) is 7.09. The first-order chi connectivity index (χ1) is 10.4. The molecule has 0 aliphatic carbocycles. The first kappa shape index (κ1) is 13.9. The van der Waals surface area contributed by atoms with Crippen molar-refractivity contribution in [3.8, 4) is 5.75 Å². The SMILES string of the molecule is c1ccc(COc2ccc(N3CCCNCC3)nc2)cc1. The Kier molecular flexibility index (Phi) is 4.69. The van der Waals surface area contributed by atoms with Crippen molar-refractivity contribution in [2.75, 3.05) is 31.1 Å². The molecule has 2 heterocycles. The van der Waals surface area contributed by atoms with Gasteiger partial charge in [0.15, 0.2) is 0 Å². The Labute approximate surface area is 125 Å². The molecular weight excluding hydrogens is 262 g/mol. The molecule has 0 bridgehead atoms. The standard InChI is InChI=1S/C17H21N3O/c1-2-5-15(6-3-1)14-21-16-7-8-17(19-13-16)20-11-4-9-18-10-12-20/h1-3,5-8,13,18H,4,9-12,14H2. The Bertz CT molecular complexity index is 534. The fourth-order valence-corrected chi connectivity index (χ4v) is 2.46. The van der Waals surface area contributed by atoms with Crippen LogP contribution in [-0.2, 0) is 6.61 Å². The zero-order chi connectivity index (χ0) is 14.3. The third-order valence-corrected chi connectivity index (χ3v) is 3.63. The molecule has 0 atom stereocenters. The summed E-state index contributed by atoms with van der Waals surface area (Å²) >= 11 is 0. The number of ether oxygens (including phenoxy) is 1. The van der Waals surface area contributed by atoms with E-state index in [-0.39, 0.29) is 0 Å². The minimum Gasteiger partial charge on any atom is -0.487 e. The van der Waals surface area contributed by atoms with Gasteiger partial charge in [-0.05, 0) is 30.7 Å². The van der Waals surface area contributed by atoms with Gasteiger partial charge in [0.2, 0.25) is 0 Å². The van der Waals surface area contributed by atoms with Gasteiger partial charge >= 0.3 is 0 Å². The van der Waals surface area contributed by atoms with Crippen LogP contribution in [0.2, 0.25) is 0 Å². The largest absolute Gasteiger partial charge is 0.487 e. The smallest absolute Gasteiger partial charge is 0.138 e. The summed E-state index contributed by atoms with van der Waals surface area (Å²) in [5, 5.41) is 3.40. The van der Waals surface area contributed by atoms with Gasteiger partial charge < -0.3 is 15.0 Å². The molecule has 1 N–H and O–H groups in total. The van der Waals surface area contributed by atoms with Crippen molar-refractivity contribution >= 4 is 5.82 Å². The van der Waals surface area contributed by atoms with Gasteiger partial charge in [0, 0.05) is 19.6 Å². The van der Waals surface area contributed by atoms with Crippen LogP contribution < -0.4 is 15.0 Å². The Morgan fingerprint density at radius 2 is 1.95 bits per heavy atom.